The van der Waals surface area contributed by atoms with Gasteiger partial charge in [-0.05, 0) is 81.4 Å². The minimum Gasteiger partial charge on any atom is -0.492 e. The van der Waals surface area contributed by atoms with Crippen LogP contribution >= 0.6 is 12.2 Å². The first kappa shape index (κ1) is 32.2. The molecule has 0 aliphatic carbocycles. The molecule has 43 heavy (non-hydrogen) atoms. The number of carboxylic acids is 1. The van der Waals surface area contributed by atoms with Crippen molar-refractivity contribution in [1.29, 1.82) is 5.26 Å². The highest BCUT2D eigenvalue weighted by atomic mass is 32.1. The largest absolute Gasteiger partial charge is 0.492 e. The minimum atomic E-state index is -4.78. The average molecular weight is 618 g/mol. The van der Waals surface area contributed by atoms with Crippen LogP contribution in [0, 0.1) is 11.3 Å². The predicted molar refractivity (Wildman–Crippen MR) is 159 cm³/mol. The number of amides is 1. The van der Waals surface area contributed by atoms with Gasteiger partial charge in [-0.15, -0.1) is 0 Å². The van der Waals surface area contributed by atoms with E-state index >= 15 is 0 Å². The van der Waals surface area contributed by atoms with E-state index in [4.69, 9.17) is 27.3 Å². The molecule has 1 amide bonds. The van der Waals surface area contributed by atoms with Gasteiger partial charge in [0.2, 0.25) is 0 Å². The van der Waals surface area contributed by atoms with Crippen molar-refractivity contribution in [2.75, 3.05) is 49.1 Å². The number of halogens is 3. The quantitative estimate of drug-likeness (QED) is 0.407. The average Bonchev–Trinajstić information content (AvgIpc) is 3.12. The number of carboxylic acid groups (broad SMARTS) is 1. The Balaban J connectivity index is 1.50. The molecule has 2 aromatic rings. The van der Waals surface area contributed by atoms with Crippen molar-refractivity contribution < 1.29 is 32.6 Å². The molecule has 1 N–H and O–H groups in total. The molecule has 0 spiro atoms. The van der Waals surface area contributed by atoms with Gasteiger partial charge in [0.25, 0.3) is 5.91 Å². The van der Waals surface area contributed by atoms with Gasteiger partial charge in [-0.1, -0.05) is 6.92 Å². The number of piperazine rings is 1. The van der Waals surface area contributed by atoms with Crippen LogP contribution in [0.4, 0.5) is 24.5 Å². The summed E-state index contributed by atoms with van der Waals surface area (Å²) in [5, 5.41) is 18.3. The summed E-state index contributed by atoms with van der Waals surface area (Å²) in [5.74, 6) is -0.651. The van der Waals surface area contributed by atoms with Crippen LogP contribution in [0.3, 0.4) is 0 Å². The fourth-order valence-corrected chi connectivity index (χ4v) is 6.07. The number of nitriles is 1. The Hall–Kier alpha value is -3.73. The summed E-state index contributed by atoms with van der Waals surface area (Å²) in [5.41, 5.74) is -1.46. The summed E-state index contributed by atoms with van der Waals surface area (Å²) in [6.07, 6.45) is -4.16. The monoisotopic (exact) mass is 617 g/mol. The number of carbonyl (C=O) groups excluding carboxylic acids is 1. The van der Waals surface area contributed by atoms with Gasteiger partial charge in [-0.3, -0.25) is 24.3 Å². The normalized spacial score (nSPS) is 19.5. The molecule has 2 aromatic carbocycles. The molecule has 230 valence electrons. The molecule has 2 aliphatic heterocycles. The van der Waals surface area contributed by atoms with Crippen LogP contribution in [0.1, 0.15) is 44.4 Å². The van der Waals surface area contributed by atoms with Crippen molar-refractivity contribution in [3.63, 3.8) is 0 Å². The lowest BCUT2D eigenvalue weighted by Gasteiger charge is -2.38. The number of nitrogens with zero attached hydrogens (tertiary/aromatic N) is 5. The first-order valence-electron chi connectivity index (χ1n) is 13.9. The third-order valence-corrected chi connectivity index (χ3v) is 8.26. The van der Waals surface area contributed by atoms with E-state index in [1.165, 1.54) is 6.07 Å². The van der Waals surface area contributed by atoms with Crippen molar-refractivity contribution in [1.82, 2.24) is 9.80 Å². The van der Waals surface area contributed by atoms with E-state index in [-0.39, 0.29) is 23.4 Å². The number of aliphatic carboxylic acids is 1. The summed E-state index contributed by atoms with van der Waals surface area (Å²) in [6, 6.07) is 10.2. The van der Waals surface area contributed by atoms with Crippen molar-refractivity contribution in [2.24, 2.45) is 0 Å². The second kappa shape index (κ2) is 12.5. The molecule has 2 fully saturated rings. The Kier molecular flexibility index (Phi) is 9.34. The Labute approximate surface area is 254 Å². The van der Waals surface area contributed by atoms with Crippen molar-refractivity contribution in [3.05, 3.63) is 53.1 Å². The first-order valence-corrected chi connectivity index (χ1v) is 14.3. The number of carbonyl (C=O) groups is 2. The number of thiocarbonyl (C=S) groups is 1. The van der Waals surface area contributed by atoms with Crippen LogP contribution < -0.4 is 14.5 Å². The number of aryl methyl sites for hydroxylation is 1. The maximum atomic E-state index is 13.6. The van der Waals surface area contributed by atoms with E-state index in [1.807, 2.05) is 24.8 Å². The lowest BCUT2D eigenvalue weighted by Crippen LogP contribution is -2.53. The van der Waals surface area contributed by atoms with Gasteiger partial charge in [0.1, 0.15) is 17.9 Å². The van der Waals surface area contributed by atoms with Crippen LogP contribution in [0.2, 0.25) is 0 Å². The van der Waals surface area contributed by atoms with Gasteiger partial charge in [0.15, 0.2) is 5.11 Å². The highest BCUT2D eigenvalue weighted by molar-refractivity contribution is 7.81. The molecule has 13 heteroatoms. The molecule has 2 aliphatic rings. The molecular weight excluding hydrogens is 583 g/mol. The Bertz CT molecular complexity index is 1460. The molecule has 0 saturated carbocycles. The van der Waals surface area contributed by atoms with Crippen LogP contribution in [-0.4, -0.2) is 82.8 Å². The van der Waals surface area contributed by atoms with Gasteiger partial charge in [-0.2, -0.15) is 18.4 Å². The zero-order valence-corrected chi connectivity index (χ0v) is 25.3. The van der Waals surface area contributed by atoms with E-state index in [2.05, 4.69) is 4.90 Å². The molecule has 9 nitrogen and oxygen atoms in total. The Morgan fingerprint density at radius 2 is 1.88 bits per heavy atom. The summed E-state index contributed by atoms with van der Waals surface area (Å²) in [4.78, 5) is 31.5. The standard InChI is InChI=1S/C30H34F3N5O4S/c1-5-20-14-23(8-9-25(20)42-13-12-35-10-11-36(18-26(39)40)19(2)17-35)38-28(43)37(27(41)29(38,3)4)22-7-6-21(16-34)24(15-22)30(31,32)33/h6-9,14-15,19H,5,10-13,17-18H2,1-4H3,(H,39,40)/t19-/m1/s1. The number of anilines is 2. The van der Waals surface area contributed by atoms with Gasteiger partial charge in [0, 0.05) is 37.9 Å². The molecular formula is C30H34F3N5O4S. The zero-order chi connectivity index (χ0) is 31.7. The topological polar surface area (TPSA) is 100 Å². The fourth-order valence-electron chi connectivity index (χ4n) is 5.55. The van der Waals surface area contributed by atoms with Crippen LogP contribution in [0.15, 0.2) is 36.4 Å². The lowest BCUT2D eigenvalue weighted by molar-refractivity contribution is -0.139. The number of hydrogen-bond donors (Lipinski definition) is 1. The summed E-state index contributed by atoms with van der Waals surface area (Å²) in [7, 11) is 0. The number of alkyl halides is 3. The smallest absolute Gasteiger partial charge is 0.417 e. The van der Waals surface area contributed by atoms with E-state index < -0.39 is 34.7 Å². The number of hydrogen-bond acceptors (Lipinski definition) is 7. The SMILES string of the molecule is CCc1cc(N2C(=S)N(c3ccc(C#N)c(C(F)(F)F)c3)C(=O)C2(C)C)ccc1OCCN1CCN(CC(=O)O)[C@H](C)C1. The fraction of sp³-hybridized carbons (Fsp3) is 0.467. The van der Waals surface area contributed by atoms with Crippen LogP contribution in [0.5, 0.6) is 5.75 Å². The molecule has 2 heterocycles. The molecule has 0 aromatic heterocycles. The Morgan fingerprint density at radius 1 is 1.19 bits per heavy atom. The summed E-state index contributed by atoms with van der Waals surface area (Å²) in [6.45, 7) is 10.6. The van der Waals surface area contributed by atoms with E-state index in [0.29, 0.717) is 37.6 Å². The number of rotatable bonds is 9. The first-order chi connectivity index (χ1) is 20.2. The number of ether oxygens (including phenoxy) is 1. The number of benzene rings is 2. The van der Waals surface area contributed by atoms with Gasteiger partial charge in [-0.25, -0.2) is 0 Å². The molecule has 0 unspecified atom stereocenters. The molecule has 0 bridgehead atoms. The van der Waals surface area contributed by atoms with Gasteiger partial charge < -0.3 is 14.7 Å². The maximum absolute atomic E-state index is 13.6. The van der Waals surface area contributed by atoms with E-state index in [0.717, 1.165) is 35.7 Å². The molecule has 4 rings (SSSR count). The summed E-state index contributed by atoms with van der Waals surface area (Å²) >= 11 is 5.66. The predicted octanol–water partition coefficient (Wildman–Crippen LogP) is 4.53. The molecule has 0 radical (unpaired) electrons. The van der Waals surface area contributed by atoms with Crippen molar-refractivity contribution in [2.45, 2.75) is 51.9 Å². The Morgan fingerprint density at radius 3 is 2.49 bits per heavy atom. The third kappa shape index (κ3) is 6.61. The molecule has 1 atom stereocenters. The second-order valence-electron chi connectivity index (χ2n) is 11.2. The lowest BCUT2D eigenvalue weighted by atomic mass is 10.0. The highest BCUT2D eigenvalue weighted by Crippen LogP contribution is 2.40. The third-order valence-electron chi connectivity index (χ3n) is 7.89. The highest BCUT2D eigenvalue weighted by Gasteiger charge is 2.50. The zero-order valence-electron chi connectivity index (χ0n) is 24.4. The molecule has 2 saturated heterocycles. The minimum absolute atomic E-state index is 0.0275. The van der Waals surface area contributed by atoms with E-state index in [9.17, 15) is 22.8 Å². The van der Waals surface area contributed by atoms with Crippen LogP contribution in [-0.2, 0) is 22.2 Å². The second-order valence-corrected chi connectivity index (χ2v) is 11.5. The van der Waals surface area contributed by atoms with Crippen molar-refractivity contribution in [3.8, 4) is 11.8 Å². The van der Waals surface area contributed by atoms with Gasteiger partial charge in [0.05, 0.1) is 29.4 Å². The van der Waals surface area contributed by atoms with Gasteiger partial charge >= 0.3 is 12.1 Å². The maximum Gasteiger partial charge on any atom is 0.417 e. The van der Waals surface area contributed by atoms with E-state index in [1.54, 1.807) is 36.9 Å². The van der Waals surface area contributed by atoms with Crippen molar-refractivity contribution >= 4 is 40.6 Å². The summed E-state index contributed by atoms with van der Waals surface area (Å²) < 4.78 is 47.1. The van der Waals surface area contributed by atoms with Crippen LogP contribution in [0.25, 0.3) is 0 Å².